The number of benzene rings is 1. The maximum atomic E-state index is 13.9. The van der Waals surface area contributed by atoms with Crippen LogP contribution in [0, 0.1) is 24.6 Å². The summed E-state index contributed by atoms with van der Waals surface area (Å²) in [6, 6.07) is 5.00. The Morgan fingerprint density at radius 3 is 2.70 bits per heavy atom. The molecule has 0 bridgehead atoms. The van der Waals surface area contributed by atoms with Gasteiger partial charge in [-0.05, 0) is 24.6 Å². The Kier molecular flexibility index (Phi) is 3.87. The number of rotatable bonds is 1. The third-order valence-corrected chi connectivity index (χ3v) is 2.93. The minimum absolute atomic E-state index is 0.0815. The molecule has 0 saturated heterocycles. The van der Waals surface area contributed by atoms with Crippen LogP contribution in [-0.4, -0.2) is 4.98 Å². The van der Waals surface area contributed by atoms with E-state index in [0.717, 1.165) is 5.56 Å². The zero-order chi connectivity index (χ0) is 14.7. The minimum atomic E-state index is -0.500. The summed E-state index contributed by atoms with van der Waals surface area (Å²) in [4.78, 5) is 4.00. The van der Waals surface area contributed by atoms with Crippen molar-refractivity contribution >= 4 is 11.5 Å². The first-order chi connectivity index (χ1) is 9.52. The molecule has 0 aliphatic carbocycles. The molecular formula is C15H15FN4. The largest absolute Gasteiger partial charge is 0.396 e. The molecule has 0 aliphatic heterocycles. The minimum Gasteiger partial charge on any atom is -0.396 e. The maximum Gasteiger partial charge on any atom is 0.161 e. The molecule has 0 atom stereocenters. The van der Waals surface area contributed by atoms with Crippen molar-refractivity contribution in [2.24, 2.45) is 5.73 Å². The van der Waals surface area contributed by atoms with E-state index in [9.17, 15) is 4.39 Å². The van der Waals surface area contributed by atoms with Gasteiger partial charge >= 0.3 is 0 Å². The summed E-state index contributed by atoms with van der Waals surface area (Å²) in [5.41, 5.74) is 19.2. The number of nitrogens with zero attached hydrogens (tertiary/aromatic N) is 1. The van der Waals surface area contributed by atoms with Crippen molar-refractivity contribution in [3.05, 3.63) is 52.5 Å². The number of halogens is 1. The molecule has 5 heteroatoms. The molecular weight excluding hydrogens is 255 g/mol. The molecule has 4 nitrogen and oxygen atoms in total. The average Bonchev–Trinajstić information content (AvgIpc) is 2.44. The molecule has 1 aromatic heterocycles. The number of aromatic nitrogens is 1. The molecule has 0 aliphatic rings. The Balaban J connectivity index is 2.44. The zero-order valence-electron chi connectivity index (χ0n) is 11.1. The van der Waals surface area contributed by atoms with E-state index < -0.39 is 5.82 Å². The zero-order valence-corrected chi connectivity index (χ0v) is 11.1. The Morgan fingerprint density at radius 2 is 2.00 bits per heavy atom. The van der Waals surface area contributed by atoms with Crippen LogP contribution in [0.25, 0.3) is 0 Å². The van der Waals surface area contributed by atoms with E-state index in [4.69, 9.17) is 17.2 Å². The molecule has 102 valence electrons. The summed E-state index contributed by atoms with van der Waals surface area (Å²) >= 11 is 0. The first-order valence-corrected chi connectivity index (χ1v) is 6.04. The van der Waals surface area contributed by atoms with Crippen LogP contribution in [0.3, 0.4) is 0 Å². The van der Waals surface area contributed by atoms with Gasteiger partial charge in [-0.25, -0.2) is 9.37 Å². The van der Waals surface area contributed by atoms with Gasteiger partial charge in [-0.15, -0.1) is 0 Å². The Hall–Kier alpha value is -2.58. The van der Waals surface area contributed by atoms with Crippen molar-refractivity contribution in [2.45, 2.75) is 13.5 Å². The van der Waals surface area contributed by atoms with Crippen molar-refractivity contribution < 1.29 is 4.39 Å². The molecule has 1 heterocycles. The highest BCUT2D eigenvalue weighted by Gasteiger charge is 2.06. The molecule has 0 unspecified atom stereocenters. The van der Waals surface area contributed by atoms with Gasteiger partial charge in [-0.2, -0.15) is 0 Å². The topological polar surface area (TPSA) is 90.9 Å². The van der Waals surface area contributed by atoms with Crippen LogP contribution < -0.4 is 17.2 Å². The SMILES string of the molecule is Cc1ccc(N)c(F)c1C#Cc1cnc(N)c(CN)c1. The second-order valence-electron chi connectivity index (χ2n) is 4.38. The van der Waals surface area contributed by atoms with Crippen LogP contribution in [0.15, 0.2) is 24.4 Å². The summed E-state index contributed by atoms with van der Waals surface area (Å²) in [5.74, 6) is 5.51. The lowest BCUT2D eigenvalue weighted by molar-refractivity contribution is 0.628. The number of hydrogen-bond acceptors (Lipinski definition) is 4. The van der Waals surface area contributed by atoms with Crippen molar-refractivity contribution in [2.75, 3.05) is 11.5 Å². The van der Waals surface area contributed by atoms with E-state index in [0.29, 0.717) is 16.9 Å². The van der Waals surface area contributed by atoms with Crippen LogP contribution in [0.4, 0.5) is 15.9 Å². The van der Waals surface area contributed by atoms with Gasteiger partial charge in [0.05, 0.1) is 11.3 Å². The summed E-state index contributed by atoms with van der Waals surface area (Å²) in [6.45, 7) is 2.05. The fourth-order valence-corrected chi connectivity index (χ4v) is 1.73. The number of pyridine rings is 1. The fourth-order valence-electron chi connectivity index (χ4n) is 1.73. The van der Waals surface area contributed by atoms with Crippen molar-refractivity contribution in [3.63, 3.8) is 0 Å². The van der Waals surface area contributed by atoms with Crippen molar-refractivity contribution in [1.29, 1.82) is 0 Å². The Bertz CT molecular complexity index is 714. The predicted octanol–water partition coefficient (Wildman–Crippen LogP) is 1.55. The highest BCUT2D eigenvalue weighted by atomic mass is 19.1. The molecule has 0 fully saturated rings. The number of hydrogen-bond donors (Lipinski definition) is 3. The predicted molar refractivity (Wildman–Crippen MR) is 78.1 cm³/mol. The van der Waals surface area contributed by atoms with Gasteiger partial charge in [0.2, 0.25) is 0 Å². The van der Waals surface area contributed by atoms with Crippen molar-refractivity contribution in [1.82, 2.24) is 4.98 Å². The summed E-state index contributed by atoms with van der Waals surface area (Å²) in [6.07, 6.45) is 1.53. The van der Waals surface area contributed by atoms with Gasteiger partial charge in [-0.1, -0.05) is 17.9 Å². The van der Waals surface area contributed by atoms with Crippen LogP contribution in [0.2, 0.25) is 0 Å². The molecule has 6 N–H and O–H groups in total. The van der Waals surface area contributed by atoms with Crippen molar-refractivity contribution in [3.8, 4) is 11.8 Å². The van der Waals surface area contributed by atoms with E-state index in [2.05, 4.69) is 16.8 Å². The number of nitrogen functional groups attached to an aromatic ring is 2. The lowest BCUT2D eigenvalue weighted by Crippen LogP contribution is -2.03. The maximum absolute atomic E-state index is 13.9. The second kappa shape index (κ2) is 5.59. The fraction of sp³-hybridized carbons (Fsp3) is 0.133. The first-order valence-electron chi connectivity index (χ1n) is 6.04. The summed E-state index contributed by atoms with van der Waals surface area (Å²) < 4.78 is 13.9. The quantitative estimate of drug-likeness (QED) is 0.541. The van der Waals surface area contributed by atoms with E-state index in [1.807, 2.05) is 0 Å². The molecule has 0 spiro atoms. The van der Waals surface area contributed by atoms with Crippen LogP contribution in [0.1, 0.15) is 22.3 Å². The second-order valence-corrected chi connectivity index (χ2v) is 4.38. The number of aryl methyl sites for hydroxylation is 1. The monoisotopic (exact) mass is 270 g/mol. The molecule has 1 aromatic carbocycles. The van der Waals surface area contributed by atoms with E-state index in [-0.39, 0.29) is 17.8 Å². The van der Waals surface area contributed by atoms with E-state index in [1.54, 1.807) is 19.1 Å². The number of nitrogens with two attached hydrogens (primary N) is 3. The lowest BCUT2D eigenvalue weighted by Gasteiger charge is -2.03. The molecule has 0 radical (unpaired) electrons. The summed E-state index contributed by atoms with van der Waals surface area (Å²) in [7, 11) is 0. The third kappa shape index (κ3) is 2.71. The highest BCUT2D eigenvalue weighted by molar-refractivity contribution is 5.55. The first kappa shape index (κ1) is 13.8. The molecule has 20 heavy (non-hydrogen) atoms. The molecule has 0 saturated carbocycles. The molecule has 2 rings (SSSR count). The standard InChI is InChI=1S/C15H15FN4/c1-9-2-5-13(18)14(16)12(9)4-3-10-6-11(7-17)15(19)20-8-10/h2,5-6,8H,7,17-18H2,1H3,(H2,19,20). The smallest absolute Gasteiger partial charge is 0.161 e. The van der Waals surface area contributed by atoms with Crippen LogP contribution >= 0.6 is 0 Å². The van der Waals surface area contributed by atoms with Gasteiger partial charge in [0, 0.05) is 23.9 Å². The van der Waals surface area contributed by atoms with E-state index >= 15 is 0 Å². The molecule has 0 amide bonds. The van der Waals surface area contributed by atoms with Gasteiger partial charge in [-0.3, -0.25) is 0 Å². The van der Waals surface area contributed by atoms with Gasteiger partial charge in [0.1, 0.15) is 5.82 Å². The van der Waals surface area contributed by atoms with Gasteiger partial charge in [0.25, 0.3) is 0 Å². The lowest BCUT2D eigenvalue weighted by atomic mass is 10.1. The average molecular weight is 270 g/mol. The Morgan fingerprint density at radius 1 is 1.25 bits per heavy atom. The summed E-state index contributed by atoms with van der Waals surface area (Å²) in [5, 5.41) is 0. The number of anilines is 2. The normalized spacial score (nSPS) is 9.95. The molecule has 2 aromatic rings. The van der Waals surface area contributed by atoms with Crippen LogP contribution in [-0.2, 0) is 6.54 Å². The Labute approximate surface area is 116 Å². The highest BCUT2D eigenvalue weighted by Crippen LogP contribution is 2.18. The van der Waals surface area contributed by atoms with Gasteiger partial charge < -0.3 is 17.2 Å². The van der Waals surface area contributed by atoms with E-state index in [1.165, 1.54) is 12.3 Å². The van der Waals surface area contributed by atoms with Gasteiger partial charge in [0.15, 0.2) is 5.82 Å². The van der Waals surface area contributed by atoms with Crippen LogP contribution in [0.5, 0.6) is 0 Å². The third-order valence-electron chi connectivity index (χ3n) is 2.93.